The fraction of sp³-hybridized carbons (Fsp3) is 0.542. The van der Waals surface area contributed by atoms with Gasteiger partial charge in [-0.2, -0.15) is 0 Å². The Bertz CT molecular complexity index is 927. The molecule has 160 valence electrons. The SMILES string of the molecule is Cn1ccc2c1NC(Cl)N=C2c1ccc(OCCC2CCNCC2)c(C2CCC2)c1. The van der Waals surface area contributed by atoms with Crippen molar-refractivity contribution < 1.29 is 4.74 Å². The number of aryl methyl sites for hydroxylation is 1. The maximum absolute atomic E-state index is 6.39. The van der Waals surface area contributed by atoms with Crippen molar-refractivity contribution in [3.05, 3.63) is 47.2 Å². The fourth-order valence-corrected chi connectivity index (χ4v) is 5.03. The van der Waals surface area contributed by atoms with Crippen molar-refractivity contribution in [3.63, 3.8) is 0 Å². The number of ether oxygens (including phenoxy) is 1. The zero-order chi connectivity index (χ0) is 20.5. The van der Waals surface area contributed by atoms with Crippen molar-refractivity contribution >= 4 is 23.1 Å². The van der Waals surface area contributed by atoms with E-state index < -0.39 is 5.62 Å². The van der Waals surface area contributed by atoms with Crippen LogP contribution in [-0.2, 0) is 7.05 Å². The Kier molecular flexibility index (Phi) is 5.74. The number of nitrogens with zero attached hydrogens (tertiary/aromatic N) is 2. The van der Waals surface area contributed by atoms with Crippen molar-refractivity contribution in [2.75, 3.05) is 25.0 Å². The number of aliphatic imine (C=N–C) groups is 1. The van der Waals surface area contributed by atoms with Crippen LogP contribution in [-0.4, -0.2) is 35.6 Å². The molecule has 0 radical (unpaired) electrons. The van der Waals surface area contributed by atoms with E-state index in [0.717, 1.165) is 60.4 Å². The van der Waals surface area contributed by atoms with Crippen LogP contribution in [0.2, 0.25) is 0 Å². The lowest BCUT2D eigenvalue weighted by Crippen LogP contribution is -2.28. The van der Waals surface area contributed by atoms with E-state index in [2.05, 4.69) is 39.5 Å². The molecule has 1 aromatic carbocycles. The van der Waals surface area contributed by atoms with Crippen LogP contribution in [0.3, 0.4) is 0 Å². The van der Waals surface area contributed by atoms with E-state index in [-0.39, 0.29) is 0 Å². The lowest BCUT2D eigenvalue weighted by molar-refractivity contribution is 0.247. The molecule has 3 heterocycles. The Morgan fingerprint density at radius 2 is 2.00 bits per heavy atom. The monoisotopic (exact) mass is 426 g/mol. The van der Waals surface area contributed by atoms with Crippen LogP contribution in [0.5, 0.6) is 5.75 Å². The van der Waals surface area contributed by atoms with Gasteiger partial charge in [-0.15, -0.1) is 0 Å². The summed E-state index contributed by atoms with van der Waals surface area (Å²) >= 11 is 6.39. The summed E-state index contributed by atoms with van der Waals surface area (Å²) < 4.78 is 8.39. The quantitative estimate of drug-likeness (QED) is 0.513. The van der Waals surface area contributed by atoms with Crippen molar-refractivity contribution in [2.45, 2.75) is 50.1 Å². The molecule has 1 unspecified atom stereocenters. The van der Waals surface area contributed by atoms with Crippen LogP contribution in [0, 0.1) is 5.92 Å². The molecule has 2 fully saturated rings. The highest BCUT2D eigenvalue weighted by atomic mass is 35.5. The molecule has 0 bridgehead atoms. The van der Waals surface area contributed by atoms with E-state index in [1.165, 1.54) is 37.7 Å². The Morgan fingerprint density at radius 3 is 2.77 bits per heavy atom. The predicted molar refractivity (Wildman–Crippen MR) is 123 cm³/mol. The molecule has 1 atom stereocenters. The van der Waals surface area contributed by atoms with E-state index in [1.54, 1.807) is 0 Å². The van der Waals surface area contributed by atoms with Crippen LogP contribution >= 0.6 is 11.6 Å². The maximum atomic E-state index is 6.39. The van der Waals surface area contributed by atoms with Crippen LogP contribution < -0.4 is 15.4 Å². The van der Waals surface area contributed by atoms with E-state index in [0.29, 0.717) is 5.92 Å². The molecule has 3 aliphatic rings. The lowest BCUT2D eigenvalue weighted by Gasteiger charge is -2.29. The van der Waals surface area contributed by atoms with Gasteiger partial charge in [0.25, 0.3) is 0 Å². The number of rotatable bonds is 6. The number of anilines is 1. The molecule has 1 aromatic heterocycles. The van der Waals surface area contributed by atoms with Crippen LogP contribution in [0.15, 0.2) is 35.5 Å². The second-order valence-electron chi connectivity index (χ2n) is 8.86. The molecule has 6 heteroatoms. The summed E-state index contributed by atoms with van der Waals surface area (Å²) in [6, 6.07) is 8.71. The largest absolute Gasteiger partial charge is 0.493 e. The molecule has 2 N–H and O–H groups in total. The topological polar surface area (TPSA) is 50.6 Å². The first kappa shape index (κ1) is 20.0. The van der Waals surface area contributed by atoms with Crippen molar-refractivity contribution in [1.29, 1.82) is 0 Å². The summed E-state index contributed by atoms with van der Waals surface area (Å²) in [5, 5.41) is 6.69. The van der Waals surface area contributed by atoms with Gasteiger partial charge in [-0.05, 0) is 86.9 Å². The minimum atomic E-state index is -0.450. The highest BCUT2D eigenvalue weighted by molar-refractivity contribution is 6.26. The Hall–Kier alpha value is -1.98. The van der Waals surface area contributed by atoms with Crippen LogP contribution in [0.1, 0.15) is 61.1 Å². The Morgan fingerprint density at radius 1 is 1.17 bits per heavy atom. The minimum absolute atomic E-state index is 0.450. The molecule has 30 heavy (non-hydrogen) atoms. The summed E-state index contributed by atoms with van der Waals surface area (Å²) in [5.41, 5.74) is 4.09. The van der Waals surface area contributed by atoms with Gasteiger partial charge in [0.2, 0.25) is 0 Å². The smallest absolute Gasteiger partial charge is 0.197 e. The van der Waals surface area contributed by atoms with Gasteiger partial charge in [0.05, 0.1) is 12.3 Å². The molecule has 1 aliphatic carbocycles. The summed E-state index contributed by atoms with van der Waals surface area (Å²) in [6.45, 7) is 3.10. The summed E-state index contributed by atoms with van der Waals surface area (Å²) in [5.74, 6) is 3.47. The minimum Gasteiger partial charge on any atom is -0.493 e. The first-order valence-electron chi connectivity index (χ1n) is 11.3. The molecular formula is C24H31ClN4O. The standard InChI is InChI=1S/C24H31ClN4O/c1-29-13-9-19-22(27-24(25)28-23(19)29)18-5-6-21(20(15-18)17-3-2-4-17)30-14-10-16-7-11-26-12-8-16/h5-6,9,13,15-17,24,26,28H,2-4,7-8,10-12,14H2,1H3. The molecule has 2 aromatic rings. The maximum Gasteiger partial charge on any atom is 0.197 e. The number of fused-ring (bicyclic) bond motifs is 1. The molecular weight excluding hydrogens is 396 g/mol. The van der Waals surface area contributed by atoms with Gasteiger partial charge in [-0.3, -0.25) is 0 Å². The number of aromatic nitrogens is 1. The predicted octanol–water partition coefficient (Wildman–Crippen LogP) is 4.85. The summed E-state index contributed by atoms with van der Waals surface area (Å²) in [7, 11) is 2.03. The number of alkyl halides is 1. The van der Waals surface area contributed by atoms with Gasteiger partial charge in [-0.1, -0.05) is 18.0 Å². The summed E-state index contributed by atoms with van der Waals surface area (Å²) in [6.07, 6.45) is 9.53. The number of halogens is 1. The zero-order valence-corrected chi connectivity index (χ0v) is 18.4. The number of hydrogen-bond donors (Lipinski definition) is 2. The average Bonchev–Trinajstić information content (AvgIpc) is 3.09. The van der Waals surface area contributed by atoms with Crippen molar-refractivity contribution in [1.82, 2.24) is 9.88 Å². The van der Waals surface area contributed by atoms with Gasteiger partial charge < -0.3 is 19.9 Å². The first-order chi connectivity index (χ1) is 14.7. The third-order valence-electron chi connectivity index (χ3n) is 6.90. The van der Waals surface area contributed by atoms with Crippen LogP contribution in [0.25, 0.3) is 0 Å². The summed E-state index contributed by atoms with van der Waals surface area (Å²) in [4.78, 5) is 4.72. The molecule has 5 rings (SSSR count). The van der Waals surface area contributed by atoms with E-state index >= 15 is 0 Å². The lowest BCUT2D eigenvalue weighted by atomic mass is 9.79. The second kappa shape index (κ2) is 8.64. The van der Waals surface area contributed by atoms with Gasteiger partial charge >= 0.3 is 0 Å². The Labute approximate surface area is 183 Å². The molecule has 0 amide bonds. The fourth-order valence-electron chi connectivity index (χ4n) is 4.83. The van der Waals surface area contributed by atoms with Crippen molar-refractivity contribution in [2.24, 2.45) is 18.0 Å². The number of hydrogen-bond acceptors (Lipinski definition) is 4. The molecule has 5 nitrogen and oxygen atoms in total. The average molecular weight is 427 g/mol. The van der Waals surface area contributed by atoms with E-state index in [4.69, 9.17) is 21.3 Å². The molecule has 1 saturated carbocycles. The highest BCUT2D eigenvalue weighted by Gasteiger charge is 2.27. The molecule has 0 spiro atoms. The highest BCUT2D eigenvalue weighted by Crippen LogP contribution is 2.42. The van der Waals surface area contributed by atoms with E-state index in [1.807, 2.05) is 13.2 Å². The van der Waals surface area contributed by atoms with Crippen LogP contribution in [0.4, 0.5) is 5.82 Å². The third-order valence-corrected chi connectivity index (χ3v) is 7.10. The zero-order valence-electron chi connectivity index (χ0n) is 17.7. The second-order valence-corrected chi connectivity index (χ2v) is 9.27. The third kappa shape index (κ3) is 3.97. The van der Waals surface area contributed by atoms with Gasteiger partial charge in [-0.25, -0.2) is 4.99 Å². The van der Waals surface area contributed by atoms with Gasteiger partial charge in [0.15, 0.2) is 5.62 Å². The molecule has 1 saturated heterocycles. The Balaban J connectivity index is 1.38. The normalized spacial score (nSPS) is 22.1. The molecule has 2 aliphatic heterocycles. The number of nitrogens with one attached hydrogen (secondary N) is 2. The van der Waals surface area contributed by atoms with E-state index in [9.17, 15) is 0 Å². The number of benzene rings is 1. The van der Waals surface area contributed by atoms with Crippen molar-refractivity contribution in [3.8, 4) is 5.75 Å². The van der Waals surface area contributed by atoms with Gasteiger partial charge in [0, 0.05) is 24.4 Å². The first-order valence-corrected chi connectivity index (χ1v) is 11.7. The number of piperidine rings is 1. The van der Waals surface area contributed by atoms with Gasteiger partial charge in [0.1, 0.15) is 11.6 Å².